The van der Waals surface area contributed by atoms with Crippen molar-refractivity contribution in [3.8, 4) is 0 Å². The SMILES string of the molecule is [2H]c1nc([2H])c(C2([2H])C([2H])([2H])COCC2([2H])[2H])nc1Br. The van der Waals surface area contributed by atoms with Crippen molar-refractivity contribution in [2.45, 2.75) is 18.6 Å². The van der Waals surface area contributed by atoms with Crippen molar-refractivity contribution in [2.75, 3.05) is 13.2 Å². The molecule has 0 aromatic carbocycles. The molecule has 0 saturated carbocycles. The highest BCUT2D eigenvalue weighted by Gasteiger charge is 2.17. The summed E-state index contributed by atoms with van der Waals surface area (Å²) in [5.41, 5.74) is -0.446. The van der Waals surface area contributed by atoms with E-state index in [9.17, 15) is 0 Å². The maximum absolute atomic E-state index is 8.34. The van der Waals surface area contributed by atoms with Gasteiger partial charge in [0.15, 0.2) is 0 Å². The quantitative estimate of drug-likeness (QED) is 0.765. The van der Waals surface area contributed by atoms with Crippen molar-refractivity contribution < 1.29 is 14.3 Å². The molecular weight excluding hydrogens is 232 g/mol. The molecule has 1 aromatic heterocycles. The molecule has 0 spiro atoms. The summed E-state index contributed by atoms with van der Waals surface area (Å²) in [5.74, 6) is -2.45. The minimum absolute atomic E-state index is 0.0618. The molecule has 0 atom stereocenters. The highest BCUT2D eigenvalue weighted by atomic mass is 79.9. The summed E-state index contributed by atoms with van der Waals surface area (Å²) in [6.45, 7) is -0.950. The number of ether oxygens (including phenoxy) is 1. The first-order valence-electron chi connectivity index (χ1n) is 7.12. The van der Waals surface area contributed by atoms with Gasteiger partial charge in [-0.2, -0.15) is 0 Å². The van der Waals surface area contributed by atoms with Crippen LogP contribution in [0.3, 0.4) is 0 Å². The largest absolute Gasteiger partial charge is 0.381 e. The predicted octanol–water partition coefficient (Wildman–Crippen LogP) is 2.13. The lowest BCUT2D eigenvalue weighted by Crippen LogP contribution is -2.15. The summed E-state index contributed by atoms with van der Waals surface area (Å²) in [7, 11) is 0. The van der Waals surface area contributed by atoms with Gasteiger partial charge in [-0.15, -0.1) is 0 Å². The molecule has 0 N–H and O–H groups in total. The third-order valence-electron chi connectivity index (χ3n) is 1.46. The molecule has 70 valence electrons. The average Bonchev–Trinajstić information content (AvgIpc) is 2.30. The van der Waals surface area contributed by atoms with Crippen LogP contribution in [0.5, 0.6) is 0 Å². The number of halogens is 1. The van der Waals surface area contributed by atoms with Crippen molar-refractivity contribution in [2.24, 2.45) is 0 Å². The van der Waals surface area contributed by atoms with Crippen molar-refractivity contribution in [1.29, 1.82) is 0 Å². The summed E-state index contributed by atoms with van der Waals surface area (Å²) >= 11 is 2.94. The smallest absolute Gasteiger partial charge is 0.124 e. The zero-order chi connectivity index (χ0) is 15.3. The van der Waals surface area contributed by atoms with Crippen molar-refractivity contribution in [1.82, 2.24) is 9.97 Å². The minimum Gasteiger partial charge on any atom is -0.381 e. The van der Waals surface area contributed by atoms with Crippen LogP contribution in [0.1, 0.15) is 33.9 Å². The molecule has 0 unspecified atom stereocenters. The standard InChI is InChI=1S/C9H11BrN2O/c10-9-6-11-5-8(12-9)7-1-3-13-4-2-7/h5-7H,1-4H2/i1D2,2D2,5D,6D,7D. The average molecular weight is 250 g/mol. The highest BCUT2D eigenvalue weighted by molar-refractivity contribution is 9.10. The van der Waals surface area contributed by atoms with Crippen LogP contribution in [0.25, 0.3) is 0 Å². The fraction of sp³-hybridized carbons (Fsp3) is 0.556. The van der Waals surface area contributed by atoms with E-state index in [1.807, 2.05) is 0 Å². The van der Waals surface area contributed by atoms with Gasteiger partial charge in [-0.25, -0.2) is 4.98 Å². The molecule has 1 aliphatic heterocycles. The molecule has 0 radical (unpaired) electrons. The molecule has 0 bridgehead atoms. The highest BCUT2D eigenvalue weighted by Crippen LogP contribution is 2.25. The Morgan fingerprint density at radius 2 is 2.38 bits per heavy atom. The molecular formula is C9H11BrN2O. The molecule has 2 rings (SSSR count). The van der Waals surface area contributed by atoms with Gasteiger partial charge in [0.1, 0.15) is 4.60 Å². The maximum Gasteiger partial charge on any atom is 0.124 e. The van der Waals surface area contributed by atoms with Crippen LogP contribution >= 0.6 is 15.9 Å². The van der Waals surface area contributed by atoms with Gasteiger partial charge < -0.3 is 4.74 Å². The molecule has 1 saturated heterocycles. The Labute approximate surface area is 95.5 Å². The van der Waals surface area contributed by atoms with E-state index in [0.29, 0.717) is 0 Å². The lowest BCUT2D eigenvalue weighted by atomic mass is 9.97. The summed E-state index contributed by atoms with van der Waals surface area (Å²) < 4.78 is 59.9. The van der Waals surface area contributed by atoms with Crippen LogP contribution in [-0.4, -0.2) is 23.2 Å². The molecule has 4 heteroatoms. The second kappa shape index (κ2) is 4.15. The number of hydrogen-bond acceptors (Lipinski definition) is 3. The van der Waals surface area contributed by atoms with Crippen LogP contribution in [0, 0.1) is 0 Å². The predicted molar refractivity (Wildman–Crippen MR) is 52.5 cm³/mol. The minimum atomic E-state index is -2.45. The van der Waals surface area contributed by atoms with E-state index >= 15 is 0 Å². The Kier molecular flexibility index (Phi) is 1.26. The van der Waals surface area contributed by atoms with Crippen LogP contribution in [-0.2, 0) is 4.74 Å². The van der Waals surface area contributed by atoms with E-state index in [-0.39, 0.29) is 10.8 Å². The third kappa shape index (κ3) is 2.25. The third-order valence-corrected chi connectivity index (χ3v) is 1.81. The van der Waals surface area contributed by atoms with E-state index in [4.69, 9.17) is 14.3 Å². The zero-order valence-corrected chi connectivity index (χ0v) is 8.18. The summed E-state index contributed by atoms with van der Waals surface area (Å²) in [5, 5.41) is 0. The van der Waals surface area contributed by atoms with Crippen molar-refractivity contribution in [3.05, 3.63) is 22.6 Å². The Balaban J connectivity index is 2.71. The summed E-state index contributed by atoms with van der Waals surface area (Å²) in [4.78, 5) is 7.37. The molecule has 1 fully saturated rings. The van der Waals surface area contributed by atoms with Gasteiger partial charge in [0.2, 0.25) is 0 Å². The topological polar surface area (TPSA) is 35.0 Å². The number of nitrogens with zero attached hydrogens (tertiary/aromatic N) is 2. The number of rotatable bonds is 1. The zero-order valence-electron chi connectivity index (χ0n) is 13.6. The molecule has 1 aromatic rings. The molecule has 0 amide bonds. The van der Waals surface area contributed by atoms with Crippen LogP contribution in [0.4, 0.5) is 0 Å². The molecule has 13 heavy (non-hydrogen) atoms. The maximum atomic E-state index is 8.34. The fourth-order valence-corrected chi connectivity index (χ4v) is 1.18. The van der Waals surface area contributed by atoms with Crippen LogP contribution in [0.15, 0.2) is 16.9 Å². The fourth-order valence-electron chi connectivity index (χ4n) is 0.914. The van der Waals surface area contributed by atoms with E-state index < -0.39 is 43.7 Å². The molecule has 1 aliphatic rings. The first kappa shape index (κ1) is 3.95. The van der Waals surface area contributed by atoms with Gasteiger partial charge in [0.25, 0.3) is 0 Å². The second-order valence-corrected chi connectivity index (χ2v) is 3.06. The monoisotopic (exact) mass is 249 g/mol. The second-order valence-electron chi connectivity index (χ2n) is 2.31. The Morgan fingerprint density at radius 3 is 3.15 bits per heavy atom. The van der Waals surface area contributed by atoms with Crippen LogP contribution in [0.2, 0.25) is 0 Å². The van der Waals surface area contributed by atoms with Gasteiger partial charge in [-0.3, -0.25) is 4.98 Å². The van der Waals surface area contributed by atoms with Crippen LogP contribution < -0.4 is 0 Å². The Bertz CT molecular complexity index is 537. The first-order chi connectivity index (χ1) is 9.03. The Hall–Kier alpha value is -0.480. The van der Waals surface area contributed by atoms with Gasteiger partial charge in [-0.05, 0) is 28.7 Å². The van der Waals surface area contributed by atoms with E-state index in [1.54, 1.807) is 0 Å². The lowest BCUT2D eigenvalue weighted by molar-refractivity contribution is 0.0844. The van der Waals surface area contributed by atoms with Gasteiger partial charge in [0, 0.05) is 32.1 Å². The first-order valence-corrected chi connectivity index (χ1v) is 4.41. The molecule has 3 nitrogen and oxygen atoms in total. The van der Waals surface area contributed by atoms with Crippen molar-refractivity contribution >= 4 is 15.9 Å². The summed E-state index contributed by atoms with van der Waals surface area (Å²) in [6, 6.07) is 0. The number of hydrogen-bond donors (Lipinski definition) is 0. The normalized spacial score (nSPS) is 36.8. The van der Waals surface area contributed by atoms with E-state index in [2.05, 4.69) is 25.9 Å². The summed E-state index contributed by atoms with van der Waals surface area (Å²) in [6.07, 6.45) is -5.68. The molecule has 2 heterocycles. The number of aromatic nitrogens is 2. The van der Waals surface area contributed by atoms with E-state index in [0.717, 1.165) is 0 Å². The van der Waals surface area contributed by atoms with Gasteiger partial charge in [-0.1, -0.05) is 0 Å². The van der Waals surface area contributed by atoms with Gasteiger partial charge in [0.05, 0.1) is 14.6 Å². The lowest BCUT2D eigenvalue weighted by Gasteiger charge is -2.20. The van der Waals surface area contributed by atoms with Gasteiger partial charge >= 0.3 is 0 Å². The molecule has 0 aliphatic carbocycles. The van der Waals surface area contributed by atoms with Crippen molar-refractivity contribution in [3.63, 3.8) is 0 Å². The van der Waals surface area contributed by atoms with E-state index in [1.165, 1.54) is 0 Å². The Morgan fingerprint density at radius 1 is 1.62 bits per heavy atom.